The largest absolute Gasteiger partial charge is 0.525 e. The first-order valence-electron chi connectivity index (χ1n) is 8.04. The van der Waals surface area contributed by atoms with Gasteiger partial charge < -0.3 is 9.31 Å². The molecule has 1 aromatic heterocycles. The molecule has 0 spiro atoms. The molecule has 8 heteroatoms. The predicted octanol–water partition coefficient (Wildman–Crippen LogP) is 3.92. The molecule has 0 radical (unpaired) electrons. The lowest BCUT2D eigenvalue weighted by Gasteiger charge is -2.32. The van der Waals surface area contributed by atoms with Crippen LogP contribution < -0.4 is 0 Å². The van der Waals surface area contributed by atoms with E-state index in [1.54, 1.807) is 16.9 Å². The second kappa shape index (κ2) is 6.55. The number of halogens is 2. The molecule has 0 saturated carbocycles. The van der Waals surface area contributed by atoms with Crippen molar-refractivity contribution in [3.8, 4) is 0 Å². The fourth-order valence-electron chi connectivity index (χ4n) is 2.44. The van der Waals surface area contributed by atoms with Gasteiger partial charge in [-0.15, -0.1) is 5.10 Å². The fourth-order valence-corrected chi connectivity index (χ4v) is 2.66. The van der Waals surface area contributed by atoms with Gasteiger partial charge in [0.05, 0.1) is 23.9 Å². The Morgan fingerprint density at radius 1 is 1.28 bits per heavy atom. The first-order chi connectivity index (χ1) is 11.7. The molecule has 1 aromatic carbocycles. The van der Waals surface area contributed by atoms with Gasteiger partial charge in [-0.25, -0.2) is 9.07 Å². The molecule has 3 rings (SSSR count). The van der Waals surface area contributed by atoms with E-state index in [4.69, 9.17) is 20.9 Å². The van der Waals surface area contributed by atoms with Crippen molar-refractivity contribution >= 4 is 24.8 Å². The number of rotatable bonds is 4. The molecule has 2 heterocycles. The Morgan fingerprint density at radius 2 is 1.96 bits per heavy atom. The topological polar surface area (TPSA) is 49.2 Å². The molecule has 0 bridgehead atoms. The third-order valence-corrected chi connectivity index (χ3v) is 4.79. The highest BCUT2D eigenvalue weighted by Gasteiger charge is 2.53. The van der Waals surface area contributed by atoms with Gasteiger partial charge in [0.15, 0.2) is 0 Å². The Morgan fingerprint density at radius 3 is 2.60 bits per heavy atom. The smallest absolute Gasteiger partial charge is 0.398 e. The van der Waals surface area contributed by atoms with Crippen LogP contribution in [-0.2, 0) is 15.9 Å². The zero-order valence-electron chi connectivity index (χ0n) is 14.7. The maximum absolute atomic E-state index is 14.5. The van der Waals surface area contributed by atoms with Crippen LogP contribution in [0.5, 0.6) is 0 Å². The van der Waals surface area contributed by atoms with Crippen molar-refractivity contribution in [1.82, 2.24) is 15.0 Å². The molecule has 1 fully saturated rings. The van der Waals surface area contributed by atoms with E-state index in [0.717, 1.165) is 5.56 Å². The van der Waals surface area contributed by atoms with E-state index in [-0.39, 0.29) is 0 Å². The highest BCUT2D eigenvalue weighted by Crippen LogP contribution is 2.38. The monoisotopic (exact) mass is 363 g/mol. The van der Waals surface area contributed by atoms with Crippen LogP contribution in [-0.4, -0.2) is 33.3 Å². The van der Waals surface area contributed by atoms with E-state index < -0.39 is 24.0 Å². The first-order valence-corrected chi connectivity index (χ1v) is 8.41. The molecule has 5 nitrogen and oxygen atoms in total. The minimum atomic E-state index is -1.04. The summed E-state index contributed by atoms with van der Waals surface area (Å²) in [5, 5.41) is 8.64. The standard InChI is InChI=1S/C17H20BClFN3O2/c1-16(2)17(3,4)25-18(24-16)15(20)9-14-11-23(22-21-14)10-12-6-5-7-13(19)8-12/h5-9,11H,10H2,1-4H3. The normalized spacial score (nSPS) is 19.4. The van der Waals surface area contributed by atoms with Gasteiger partial charge in [-0.05, 0) is 51.5 Å². The lowest BCUT2D eigenvalue weighted by atomic mass is 9.87. The van der Waals surface area contributed by atoms with Crippen molar-refractivity contribution < 1.29 is 13.7 Å². The molecule has 1 saturated heterocycles. The Kier molecular flexibility index (Phi) is 4.75. The fraction of sp³-hybridized carbons (Fsp3) is 0.412. The summed E-state index contributed by atoms with van der Waals surface area (Å²) >= 11 is 5.97. The maximum Gasteiger partial charge on any atom is 0.525 e. The number of hydrogen-bond donors (Lipinski definition) is 0. The van der Waals surface area contributed by atoms with E-state index in [1.807, 2.05) is 45.9 Å². The molecular formula is C17H20BClFN3O2. The van der Waals surface area contributed by atoms with Crippen LogP contribution in [0.25, 0.3) is 6.08 Å². The van der Waals surface area contributed by atoms with Crippen LogP contribution in [0, 0.1) is 0 Å². The molecule has 1 aliphatic rings. The van der Waals surface area contributed by atoms with Crippen molar-refractivity contribution in [2.24, 2.45) is 0 Å². The summed E-state index contributed by atoms with van der Waals surface area (Å²) in [6, 6.07) is 7.46. The molecule has 0 N–H and O–H groups in total. The van der Waals surface area contributed by atoms with E-state index >= 15 is 0 Å². The zero-order valence-corrected chi connectivity index (χ0v) is 15.4. The number of hydrogen-bond acceptors (Lipinski definition) is 4. The molecule has 0 unspecified atom stereocenters. The number of benzene rings is 1. The van der Waals surface area contributed by atoms with Crippen molar-refractivity contribution in [2.45, 2.75) is 45.4 Å². The summed E-state index contributed by atoms with van der Waals surface area (Å²) in [6.07, 6.45) is 2.94. The molecule has 0 atom stereocenters. The summed E-state index contributed by atoms with van der Waals surface area (Å²) in [4.78, 5) is 0. The average molecular weight is 364 g/mol. The Hall–Kier alpha value is -1.70. The third-order valence-electron chi connectivity index (χ3n) is 4.55. The van der Waals surface area contributed by atoms with Gasteiger partial charge in [-0.2, -0.15) is 0 Å². The van der Waals surface area contributed by atoms with Crippen molar-refractivity contribution in [2.75, 3.05) is 0 Å². The Balaban J connectivity index is 1.71. The van der Waals surface area contributed by atoms with Gasteiger partial charge in [0.1, 0.15) is 11.4 Å². The highest BCUT2D eigenvalue weighted by atomic mass is 35.5. The van der Waals surface area contributed by atoms with Gasteiger partial charge in [0, 0.05) is 5.02 Å². The van der Waals surface area contributed by atoms with Crippen LogP contribution in [0.3, 0.4) is 0 Å². The van der Waals surface area contributed by atoms with Crippen LogP contribution in [0.2, 0.25) is 5.02 Å². The lowest BCUT2D eigenvalue weighted by Crippen LogP contribution is -2.41. The molecule has 2 aromatic rings. The van der Waals surface area contributed by atoms with Gasteiger partial charge in [0.25, 0.3) is 0 Å². The van der Waals surface area contributed by atoms with Crippen LogP contribution >= 0.6 is 11.6 Å². The number of aromatic nitrogens is 3. The van der Waals surface area contributed by atoms with E-state index in [2.05, 4.69) is 10.3 Å². The van der Waals surface area contributed by atoms with E-state index in [0.29, 0.717) is 17.3 Å². The molecular weight excluding hydrogens is 343 g/mol. The van der Waals surface area contributed by atoms with Gasteiger partial charge in [-0.1, -0.05) is 28.9 Å². The molecule has 0 aliphatic carbocycles. The van der Waals surface area contributed by atoms with Gasteiger partial charge in [0.2, 0.25) is 0 Å². The average Bonchev–Trinajstić information content (AvgIpc) is 3.01. The minimum Gasteiger partial charge on any atom is -0.398 e. The molecule has 25 heavy (non-hydrogen) atoms. The van der Waals surface area contributed by atoms with E-state index in [9.17, 15) is 4.39 Å². The lowest BCUT2D eigenvalue weighted by molar-refractivity contribution is 0.00578. The predicted molar refractivity (Wildman–Crippen MR) is 95.7 cm³/mol. The first kappa shape index (κ1) is 18.1. The summed E-state index contributed by atoms with van der Waals surface area (Å²) in [5.41, 5.74) is -0.331. The Bertz CT molecular complexity index is 791. The van der Waals surface area contributed by atoms with E-state index in [1.165, 1.54) is 6.08 Å². The molecule has 1 aliphatic heterocycles. The second-order valence-electron chi connectivity index (χ2n) is 7.09. The Labute approximate surface area is 151 Å². The SMILES string of the molecule is CC1(C)OB(C(F)=Cc2cn(Cc3cccc(Cl)c3)nn2)OC1(C)C. The quantitative estimate of drug-likeness (QED) is 0.773. The summed E-state index contributed by atoms with van der Waals surface area (Å²) in [5.74, 6) is 0. The third kappa shape index (κ3) is 3.94. The minimum absolute atomic E-state index is 0.397. The van der Waals surface area contributed by atoms with Crippen molar-refractivity contribution in [1.29, 1.82) is 0 Å². The van der Waals surface area contributed by atoms with Gasteiger partial charge >= 0.3 is 7.12 Å². The second-order valence-corrected chi connectivity index (χ2v) is 7.52. The van der Waals surface area contributed by atoms with Crippen LogP contribution in [0.15, 0.2) is 36.2 Å². The summed E-state index contributed by atoms with van der Waals surface area (Å²) < 4.78 is 27.5. The van der Waals surface area contributed by atoms with Crippen molar-refractivity contribution in [3.05, 3.63) is 52.5 Å². The number of nitrogens with zero attached hydrogens (tertiary/aromatic N) is 3. The van der Waals surface area contributed by atoms with Crippen LogP contribution in [0.4, 0.5) is 4.39 Å². The van der Waals surface area contributed by atoms with Gasteiger partial charge in [-0.3, -0.25) is 0 Å². The maximum atomic E-state index is 14.5. The van der Waals surface area contributed by atoms with Crippen LogP contribution in [0.1, 0.15) is 39.0 Å². The highest BCUT2D eigenvalue weighted by molar-refractivity contribution is 6.54. The summed E-state index contributed by atoms with van der Waals surface area (Å²) in [6.45, 7) is 8.01. The molecule has 132 valence electrons. The van der Waals surface area contributed by atoms with Crippen molar-refractivity contribution in [3.63, 3.8) is 0 Å². The zero-order chi connectivity index (χ0) is 18.2. The molecule has 0 amide bonds. The summed E-state index contributed by atoms with van der Waals surface area (Å²) in [7, 11) is -1.04.